The van der Waals surface area contributed by atoms with E-state index in [9.17, 15) is 8.60 Å². The van der Waals surface area contributed by atoms with Gasteiger partial charge in [-0.1, -0.05) is 11.2 Å². The van der Waals surface area contributed by atoms with E-state index >= 15 is 0 Å². The van der Waals surface area contributed by atoms with Crippen molar-refractivity contribution in [2.24, 2.45) is 0 Å². The highest BCUT2D eigenvalue weighted by Crippen LogP contribution is 2.26. The fraction of sp³-hybridized carbons (Fsp3) is 0.353. The largest absolute Gasteiger partial charge is 0.367 e. The Bertz CT molecular complexity index is 817. The molecule has 0 amide bonds. The summed E-state index contributed by atoms with van der Waals surface area (Å²) in [5.74, 6) is 1.51. The zero-order chi connectivity index (χ0) is 17.9. The molecule has 1 saturated heterocycles. The van der Waals surface area contributed by atoms with Crippen LogP contribution in [0.1, 0.15) is 5.56 Å². The van der Waals surface area contributed by atoms with Crippen molar-refractivity contribution in [2.75, 3.05) is 41.4 Å². The molecule has 1 aromatic carbocycles. The minimum Gasteiger partial charge on any atom is -0.367 e. The smallest absolute Gasteiger partial charge is 0.169 e. The number of nitrogens with zero attached hydrogens (tertiary/aromatic N) is 2. The predicted molar refractivity (Wildman–Crippen MR) is 97.5 cm³/mol. The lowest BCUT2D eigenvalue weighted by Gasteiger charge is -2.28. The summed E-state index contributed by atoms with van der Waals surface area (Å²) in [4.78, 5) is 7.43. The second kappa shape index (κ2) is 7.46. The molecule has 1 fully saturated rings. The summed E-state index contributed by atoms with van der Waals surface area (Å²) in [6.07, 6.45) is 3.18. The molecule has 2 aliphatic heterocycles. The third-order valence-corrected chi connectivity index (χ3v) is 5.65. The number of aromatic nitrogens is 1. The number of hydrogen-bond donors (Lipinski definition) is 2. The Balaban J connectivity index is 1.42. The summed E-state index contributed by atoms with van der Waals surface area (Å²) in [7, 11) is -0.781. The van der Waals surface area contributed by atoms with E-state index in [1.807, 2.05) is 17.0 Å². The molecule has 1 atom stereocenters. The van der Waals surface area contributed by atoms with Crippen LogP contribution >= 0.6 is 0 Å². The third-order valence-electron chi connectivity index (χ3n) is 4.37. The van der Waals surface area contributed by atoms with Gasteiger partial charge in [-0.15, -0.1) is 0 Å². The van der Waals surface area contributed by atoms with Crippen LogP contribution < -0.4 is 15.7 Å². The number of rotatable bonds is 5. The van der Waals surface area contributed by atoms with Gasteiger partial charge >= 0.3 is 0 Å². The number of benzene rings is 1. The van der Waals surface area contributed by atoms with Gasteiger partial charge in [0, 0.05) is 53.6 Å². The van der Waals surface area contributed by atoms with Crippen molar-refractivity contribution in [3.05, 3.63) is 48.0 Å². The van der Waals surface area contributed by atoms with Gasteiger partial charge in [0.1, 0.15) is 18.2 Å². The fourth-order valence-corrected chi connectivity index (χ4v) is 4.02. The average molecular weight is 378 g/mol. The molecule has 0 spiro atoms. The number of hydrogen-bond acceptors (Lipinski definition) is 7. The van der Waals surface area contributed by atoms with Crippen molar-refractivity contribution in [1.29, 1.82) is 0 Å². The molecule has 0 radical (unpaired) electrons. The van der Waals surface area contributed by atoms with E-state index in [0.29, 0.717) is 42.6 Å². The summed E-state index contributed by atoms with van der Waals surface area (Å²) in [6, 6.07) is 6.84. The molecule has 4 rings (SSSR count). The summed E-state index contributed by atoms with van der Waals surface area (Å²) in [5, 5.41) is 6.85. The van der Waals surface area contributed by atoms with Crippen molar-refractivity contribution < 1.29 is 18.0 Å². The Morgan fingerprint density at radius 3 is 2.92 bits per heavy atom. The van der Waals surface area contributed by atoms with Crippen LogP contribution in [0.3, 0.4) is 0 Å². The second-order valence-electron chi connectivity index (χ2n) is 6.11. The molecule has 0 bridgehead atoms. The molecule has 1 aromatic heterocycles. The summed E-state index contributed by atoms with van der Waals surface area (Å²) >= 11 is 0. The Morgan fingerprint density at radius 1 is 1.35 bits per heavy atom. The number of anilines is 2. The van der Waals surface area contributed by atoms with Crippen LogP contribution in [-0.2, 0) is 15.6 Å². The highest BCUT2D eigenvalue weighted by molar-refractivity contribution is 7.85. The highest BCUT2D eigenvalue weighted by Gasteiger charge is 2.21. The predicted octanol–water partition coefficient (Wildman–Crippen LogP) is 1.74. The van der Waals surface area contributed by atoms with Gasteiger partial charge in [-0.25, -0.2) is 4.39 Å². The van der Waals surface area contributed by atoms with E-state index < -0.39 is 10.8 Å². The Labute approximate surface area is 152 Å². The van der Waals surface area contributed by atoms with Crippen molar-refractivity contribution in [3.63, 3.8) is 0 Å². The lowest BCUT2D eigenvalue weighted by Crippen LogP contribution is -2.38. The number of nitrogens with one attached hydrogen (secondary N) is 2. The summed E-state index contributed by atoms with van der Waals surface area (Å²) in [6.45, 7) is 1.74. The number of hydroxylamine groups is 1. The van der Waals surface area contributed by atoms with Crippen LogP contribution in [0.15, 0.2) is 41.1 Å². The molecule has 138 valence electrons. The Hall–Kier alpha value is -2.39. The lowest BCUT2D eigenvalue weighted by atomic mass is 10.1. The Kier molecular flexibility index (Phi) is 4.89. The Morgan fingerprint density at radius 2 is 2.19 bits per heavy atom. The van der Waals surface area contributed by atoms with Gasteiger partial charge in [-0.2, -0.15) is 0 Å². The molecular weight excluding hydrogens is 359 g/mol. The summed E-state index contributed by atoms with van der Waals surface area (Å²) in [5.41, 5.74) is 4.83. The molecule has 2 aliphatic rings. The molecule has 0 saturated carbocycles. The van der Waals surface area contributed by atoms with Crippen molar-refractivity contribution in [1.82, 2.24) is 10.6 Å². The first-order chi connectivity index (χ1) is 12.7. The molecular formula is C17H19FN4O3S. The number of halogens is 1. The van der Waals surface area contributed by atoms with Gasteiger partial charge < -0.3 is 14.7 Å². The minimum absolute atomic E-state index is 0.207. The zero-order valence-corrected chi connectivity index (χ0v) is 14.8. The van der Waals surface area contributed by atoms with Crippen molar-refractivity contribution >= 4 is 28.0 Å². The van der Waals surface area contributed by atoms with Gasteiger partial charge in [0.15, 0.2) is 5.82 Å². The maximum Gasteiger partial charge on any atom is 0.169 e. The van der Waals surface area contributed by atoms with Gasteiger partial charge in [0.05, 0.1) is 11.4 Å². The van der Waals surface area contributed by atoms with Gasteiger partial charge in [-0.3, -0.25) is 14.5 Å². The SMILES string of the molecule is O=S1CCN(c2ccc(C3=CC(CNc4ccon4)ON3)cc2F)CC1. The molecule has 1 unspecified atom stereocenters. The lowest BCUT2D eigenvalue weighted by molar-refractivity contribution is 0.0590. The molecule has 0 aliphatic carbocycles. The van der Waals surface area contributed by atoms with E-state index in [1.165, 1.54) is 12.3 Å². The van der Waals surface area contributed by atoms with E-state index in [0.717, 1.165) is 11.3 Å². The first kappa shape index (κ1) is 17.0. The maximum atomic E-state index is 14.6. The second-order valence-corrected chi connectivity index (χ2v) is 7.80. The standard InChI is InChI=1S/C17H19FN4O3S/c18-14-9-12(1-2-16(14)22-4-7-26(23)8-5-22)15-10-13(25-20-15)11-19-17-3-6-24-21-17/h1-3,6,9-10,13,20H,4-5,7-8,11H2,(H,19,21). The normalized spacial score (nSPS) is 20.7. The fourth-order valence-electron chi connectivity index (χ4n) is 2.97. The van der Waals surface area contributed by atoms with E-state index in [-0.39, 0.29) is 11.9 Å². The van der Waals surface area contributed by atoms with Crippen LogP contribution in [0, 0.1) is 5.82 Å². The van der Waals surface area contributed by atoms with Crippen LogP contribution in [0.2, 0.25) is 0 Å². The summed E-state index contributed by atoms with van der Waals surface area (Å²) < 4.78 is 30.8. The van der Waals surface area contributed by atoms with Crippen molar-refractivity contribution in [2.45, 2.75) is 6.10 Å². The molecule has 2 aromatic rings. The molecule has 7 nitrogen and oxygen atoms in total. The van der Waals surface area contributed by atoms with E-state index in [2.05, 4.69) is 16.0 Å². The minimum atomic E-state index is -0.781. The molecule has 3 heterocycles. The van der Waals surface area contributed by atoms with Crippen molar-refractivity contribution in [3.8, 4) is 0 Å². The van der Waals surface area contributed by atoms with Gasteiger partial charge in [0.25, 0.3) is 0 Å². The van der Waals surface area contributed by atoms with E-state index in [4.69, 9.17) is 9.36 Å². The quantitative estimate of drug-likeness (QED) is 0.820. The third kappa shape index (κ3) is 3.73. The average Bonchev–Trinajstić information content (AvgIpc) is 3.33. The van der Waals surface area contributed by atoms with Gasteiger partial charge in [0.2, 0.25) is 0 Å². The maximum absolute atomic E-state index is 14.6. The topological polar surface area (TPSA) is 79.6 Å². The monoisotopic (exact) mass is 378 g/mol. The molecule has 9 heteroatoms. The van der Waals surface area contributed by atoms with Crippen LogP contribution in [0.5, 0.6) is 0 Å². The molecule has 26 heavy (non-hydrogen) atoms. The van der Waals surface area contributed by atoms with Gasteiger partial charge in [-0.05, 0) is 18.2 Å². The van der Waals surface area contributed by atoms with E-state index in [1.54, 1.807) is 12.1 Å². The van der Waals surface area contributed by atoms with Crippen LogP contribution in [-0.4, -0.2) is 46.6 Å². The molecule has 2 N–H and O–H groups in total. The van der Waals surface area contributed by atoms with Crippen LogP contribution in [0.4, 0.5) is 15.9 Å². The van der Waals surface area contributed by atoms with Crippen LogP contribution in [0.25, 0.3) is 5.70 Å². The highest BCUT2D eigenvalue weighted by atomic mass is 32.2. The first-order valence-corrected chi connectivity index (χ1v) is 9.85. The zero-order valence-electron chi connectivity index (χ0n) is 14.0. The first-order valence-electron chi connectivity index (χ1n) is 8.36.